The third-order valence-corrected chi connectivity index (χ3v) is 4.07. The second-order valence-corrected chi connectivity index (χ2v) is 5.91. The molecule has 1 saturated carbocycles. The Balaban J connectivity index is 1.81. The Labute approximate surface area is 118 Å². The molecule has 0 spiro atoms. The predicted molar refractivity (Wildman–Crippen MR) is 75.8 cm³/mol. The van der Waals surface area contributed by atoms with Crippen molar-refractivity contribution >= 4 is 11.5 Å². The third kappa shape index (κ3) is 2.92. The molecule has 1 aliphatic heterocycles. The van der Waals surface area contributed by atoms with Crippen molar-refractivity contribution in [1.82, 2.24) is 15.1 Å². The number of nitro groups is 1. The average Bonchev–Trinajstić information content (AvgIpc) is 2.90. The maximum atomic E-state index is 11.2. The van der Waals surface area contributed by atoms with Gasteiger partial charge in [0.15, 0.2) is 0 Å². The summed E-state index contributed by atoms with van der Waals surface area (Å²) in [6.07, 6.45) is 6.29. The van der Waals surface area contributed by atoms with Crippen LogP contribution in [0, 0.1) is 16.0 Å². The number of nitrogens with one attached hydrogen (secondary N) is 1. The molecule has 20 heavy (non-hydrogen) atoms. The Morgan fingerprint density at radius 3 is 2.90 bits per heavy atom. The average molecular weight is 279 g/mol. The fourth-order valence-electron chi connectivity index (χ4n) is 2.86. The summed E-state index contributed by atoms with van der Waals surface area (Å²) in [5.41, 5.74) is 0.117. The predicted octanol–water partition coefficient (Wildman–Crippen LogP) is 1.30. The number of anilines is 1. The summed E-state index contributed by atoms with van der Waals surface area (Å²) in [6, 6.07) is 0.426. The lowest BCUT2D eigenvalue weighted by molar-refractivity contribution is -0.384. The van der Waals surface area contributed by atoms with Gasteiger partial charge in [0.25, 0.3) is 0 Å². The summed E-state index contributed by atoms with van der Waals surface area (Å²) < 4.78 is 1.54. The van der Waals surface area contributed by atoms with Gasteiger partial charge in [-0.3, -0.25) is 14.8 Å². The Morgan fingerprint density at radius 2 is 2.30 bits per heavy atom. The van der Waals surface area contributed by atoms with Gasteiger partial charge in [-0.25, -0.2) is 0 Å². The zero-order valence-corrected chi connectivity index (χ0v) is 11.8. The summed E-state index contributed by atoms with van der Waals surface area (Å²) in [6.45, 7) is 2.75. The molecule has 0 amide bonds. The summed E-state index contributed by atoms with van der Waals surface area (Å²) in [7, 11) is 1.74. The van der Waals surface area contributed by atoms with E-state index in [-0.39, 0.29) is 10.6 Å². The van der Waals surface area contributed by atoms with Crippen molar-refractivity contribution in [2.24, 2.45) is 13.0 Å². The van der Waals surface area contributed by atoms with Gasteiger partial charge >= 0.3 is 5.69 Å². The molecule has 1 atom stereocenters. The van der Waals surface area contributed by atoms with Crippen LogP contribution in [0.5, 0.6) is 0 Å². The summed E-state index contributed by atoms with van der Waals surface area (Å²) >= 11 is 0. The molecule has 7 heteroatoms. The maximum Gasteiger partial charge on any atom is 0.330 e. The molecule has 1 aliphatic carbocycles. The third-order valence-electron chi connectivity index (χ3n) is 4.07. The highest BCUT2D eigenvalue weighted by molar-refractivity contribution is 5.57. The quantitative estimate of drug-likeness (QED) is 0.627. The minimum atomic E-state index is -0.329. The molecule has 7 nitrogen and oxygen atoms in total. The second-order valence-electron chi connectivity index (χ2n) is 5.91. The zero-order chi connectivity index (χ0) is 14.1. The molecule has 2 heterocycles. The zero-order valence-electron chi connectivity index (χ0n) is 11.8. The Hall–Kier alpha value is -1.63. The highest BCUT2D eigenvalue weighted by Gasteiger charge is 2.31. The number of hydrogen-bond acceptors (Lipinski definition) is 5. The number of aromatic nitrogens is 2. The van der Waals surface area contributed by atoms with Crippen LogP contribution >= 0.6 is 0 Å². The maximum absolute atomic E-state index is 11.2. The van der Waals surface area contributed by atoms with Gasteiger partial charge in [0.2, 0.25) is 5.82 Å². The minimum absolute atomic E-state index is 0.117. The van der Waals surface area contributed by atoms with Crippen molar-refractivity contribution in [2.75, 3.05) is 24.5 Å². The molecule has 2 aliphatic rings. The number of hydrogen-bond donors (Lipinski definition) is 1. The van der Waals surface area contributed by atoms with E-state index in [2.05, 4.69) is 15.3 Å². The highest BCUT2D eigenvalue weighted by Crippen LogP contribution is 2.34. The lowest BCUT2D eigenvalue weighted by atomic mass is 10.2. The molecular formula is C13H21N5O2. The van der Waals surface area contributed by atoms with Crippen LogP contribution < -0.4 is 10.2 Å². The van der Waals surface area contributed by atoms with Gasteiger partial charge in [-0.05, 0) is 38.1 Å². The number of aryl methyl sites for hydroxylation is 1. The second kappa shape index (κ2) is 5.40. The molecular weight excluding hydrogens is 258 g/mol. The van der Waals surface area contributed by atoms with Gasteiger partial charge in [0, 0.05) is 26.2 Å². The number of nitrogens with zero attached hydrogens (tertiary/aromatic N) is 4. The van der Waals surface area contributed by atoms with Crippen molar-refractivity contribution in [3.63, 3.8) is 0 Å². The molecule has 3 rings (SSSR count). The smallest absolute Gasteiger partial charge is 0.330 e. The molecule has 1 aromatic heterocycles. The van der Waals surface area contributed by atoms with Crippen molar-refractivity contribution in [1.29, 1.82) is 0 Å². The van der Waals surface area contributed by atoms with E-state index < -0.39 is 0 Å². The largest absolute Gasteiger partial charge is 0.348 e. The summed E-state index contributed by atoms with van der Waals surface area (Å²) in [5, 5.41) is 19.0. The monoisotopic (exact) mass is 279 g/mol. The summed E-state index contributed by atoms with van der Waals surface area (Å²) in [5.74, 6) is 1.20. The van der Waals surface area contributed by atoms with E-state index in [0.29, 0.717) is 17.8 Å². The van der Waals surface area contributed by atoms with Crippen LogP contribution in [0.1, 0.15) is 25.7 Å². The van der Waals surface area contributed by atoms with Crippen LogP contribution in [0.3, 0.4) is 0 Å². The van der Waals surface area contributed by atoms with Gasteiger partial charge in [0.1, 0.15) is 6.20 Å². The first kappa shape index (κ1) is 13.4. The van der Waals surface area contributed by atoms with Gasteiger partial charge < -0.3 is 10.2 Å². The number of rotatable bonds is 6. The minimum Gasteiger partial charge on any atom is -0.348 e. The van der Waals surface area contributed by atoms with Crippen LogP contribution in [0.25, 0.3) is 0 Å². The Kier molecular flexibility index (Phi) is 3.60. The van der Waals surface area contributed by atoms with E-state index in [1.54, 1.807) is 7.05 Å². The fraction of sp³-hybridized carbons (Fsp3) is 0.769. The van der Waals surface area contributed by atoms with E-state index in [4.69, 9.17) is 0 Å². The van der Waals surface area contributed by atoms with E-state index in [1.165, 1.54) is 30.1 Å². The van der Waals surface area contributed by atoms with Crippen molar-refractivity contribution < 1.29 is 4.92 Å². The highest BCUT2D eigenvalue weighted by atomic mass is 16.6. The molecule has 110 valence electrons. The van der Waals surface area contributed by atoms with E-state index in [1.807, 2.05) is 0 Å². The Morgan fingerprint density at radius 1 is 1.50 bits per heavy atom. The standard InChI is InChI=1S/C13H21N5O2/c1-16-9-12(18(19)20)13(15-16)17(7-10-4-5-10)8-11-3-2-6-14-11/h9-11,14H,2-8H2,1H3. The molecule has 0 aromatic carbocycles. The summed E-state index contributed by atoms with van der Waals surface area (Å²) in [4.78, 5) is 13.0. The molecule has 1 aromatic rings. The lowest BCUT2D eigenvalue weighted by Gasteiger charge is -2.25. The lowest BCUT2D eigenvalue weighted by Crippen LogP contribution is -2.39. The van der Waals surface area contributed by atoms with Gasteiger partial charge in [-0.2, -0.15) is 0 Å². The molecule has 1 N–H and O–H groups in total. The molecule has 0 radical (unpaired) electrons. The Bertz CT molecular complexity index is 491. The van der Waals surface area contributed by atoms with Crippen LogP contribution in [0.15, 0.2) is 6.20 Å². The first-order valence-corrected chi connectivity index (χ1v) is 7.30. The normalized spacial score (nSPS) is 22.1. The SMILES string of the molecule is Cn1cc([N+](=O)[O-])c(N(CC2CC2)CC2CCCN2)n1. The van der Waals surface area contributed by atoms with E-state index >= 15 is 0 Å². The van der Waals surface area contributed by atoms with Crippen molar-refractivity contribution in [3.05, 3.63) is 16.3 Å². The van der Waals surface area contributed by atoms with Crippen LogP contribution in [-0.2, 0) is 7.05 Å². The van der Waals surface area contributed by atoms with Crippen LogP contribution in [-0.4, -0.2) is 40.4 Å². The van der Waals surface area contributed by atoms with Crippen LogP contribution in [0.4, 0.5) is 11.5 Å². The molecule has 1 unspecified atom stereocenters. The van der Waals surface area contributed by atoms with Gasteiger partial charge in [-0.15, -0.1) is 5.10 Å². The van der Waals surface area contributed by atoms with Crippen LogP contribution in [0.2, 0.25) is 0 Å². The van der Waals surface area contributed by atoms with E-state index in [9.17, 15) is 10.1 Å². The van der Waals surface area contributed by atoms with E-state index in [0.717, 1.165) is 26.1 Å². The van der Waals surface area contributed by atoms with Crippen molar-refractivity contribution in [2.45, 2.75) is 31.7 Å². The fourth-order valence-corrected chi connectivity index (χ4v) is 2.86. The topological polar surface area (TPSA) is 76.2 Å². The molecule has 2 fully saturated rings. The first-order valence-electron chi connectivity index (χ1n) is 7.30. The van der Waals surface area contributed by atoms with Gasteiger partial charge in [0.05, 0.1) is 4.92 Å². The first-order chi connectivity index (χ1) is 9.63. The molecule has 1 saturated heterocycles. The molecule has 0 bridgehead atoms. The van der Waals surface area contributed by atoms with Crippen molar-refractivity contribution in [3.8, 4) is 0 Å². The van der Waals surface area contributed by atoms with Gasteiger partial charge in [-0.1, -0.05) is 0 Å².